The molecule has 0 aliphatic carbocycles. The fourth-order valence-electron chi connectivity index (χ4n) is 0.905. The second kappa shape index (κ2) is 4.26. The molecule has 13 heavy (non-hydrogen) atoms. The first kappa shape index (κ1) is 10.8. The zero-order chi connectivity index (χ0) is 10.0. The van der Waals surface area contributed by atoms with Crippen LogP contribution in [0.1, 0.15) is 24.6 Å². The van der Waals surface area contributed by atoms with Crippen molar-refractivity contribution in [1.82, 2.24) is 4.37 Å². The van der Waals surface area contributed by atoms with Gasteiger partial charge in [-0.25, -0.2) is 0 Å². The van der Waals surface area contributed by atoms with E-state index in [-0.39, 0.29) is 5.92 Å². The van der Waals surface area contributed by atoms with E-state index in [2.05, 4.69) is 4.37 Å². The van der Waals surface area contributed by atoms with Gasteiger partial charge in [0.05, 0.1) is 18.1 Å². The lowest BCUT2D eigenvalue weighted by molar-refractivity contribution is 0.170. The van der Waals surface area contributed by atoms with E-state index in [4.69, 9.17) is 16.3 Å². The van der Waals surface area contributed by atoms with E-state index in [1.54, 1.807) is 6.92 Å². The molecule has 74 valence electrons. The summed E-state index contributed by atoms with van der Waals surface area (Å²) in [6, 6.07) is 0. The molecule has 0 aromatic carbocycles. The van der Waals surface area contributed by atoms with Gasteiger partial charge in [-0.3, -0.25) is 0 Å². The summed E-state index contributed by atoms with van der Waals surface area (Å²) >= 11 is 7.25. The Balaban J connectivity index is 2.95. The van der Waals surface area contributed by atoms with Gasteiger partial charge in [0, 0.05) is 5.92 Å². The summed E-state index contributed by atoms with van der Waals surface area (Å²) in [6.07, 6.45) is -0.428. The Kier molecular flexibility index (Phi) is 3.53. The van der Waals surface area contributed by atoms with Crippen LogP contribution >= 0.6 is 23.1 Å². The van der Waals surface area contributed by atoms with Crippen LogP contribution in [-0.4, -0.2) is 22.7 Å². The minimum absolute atomic E-state index is 0.00565. The number of methoxy groups -OCH3 is 1. The van der Waals surface area contributed by atoms with Crippen molar-refractivity contribution in [2.45, 2.75) is 25.9 Å². The van der Waals surface area contributed by atoms with E-state index in [9.17, 15) is 5.11 Å². The summed E-state index contributed by atoms with van der Waals surface area (Å²) in [5, 5.41) is 9.87. The molecule has 2 unspecified atom stereocenters. The molecule has 2 atom stereocenters. The number of hydrogen-bond acceptors (Lipinski definition) is 4. The number of aliphatic hydroxyl groups excluding tert-OH is 1. The molecule has 1 heterocycles. The molecule has 0 saturated carbocycles. The molecule has 0 aliphatic rings. The van der Waals surface area contributed by atoms with Crippen molar-refractivity contribution in [2.24, 2.45) is 0 Å². The van der Waals surface area contributed by atoms with E-state index in [1.807, 2.05) is 6.92 Å². The zero-order valence-electron chi connectivity index (χ0n) is 7.74. The van der Waals surface area contributed by atoms with E-state index in [0.29, 0.717) is 10.9 Å². The first-order chi connectivity index (χ1) is 6.07. The average Bonchev–Trinajstić information content (AvgIpc) is 2.45. The van der Waals surface area contributed by atoms with Gasteiger partial charge in [-0.2, -0.15) is 4.37 Å². The Morgan fingerprint density at radius 2 is 2.15 bits per heavy atom. The third kappa shape index (κ3) is 2.13. The fourth-order valence-corrected chi connectivity index (χ4v) is 2.23. The lowest BCUT2D eigenvalue weighted by Gasteiger charge is -2.11. The van der Waals surface area contributed by atoms with Gasteiger partial charge >= 0.3 is 0 Å². The summed E-state index contributed by atoms with van der Waals surface area (Å²) in [5.41, 5.74) is 0. The fraction of sp³-hybridized carbons (Fsp3) is 0.625. The first-order valence-electron chi connectivity index (χ1n) is 3.95. The van der Waals surface area contributed by atoms with Gasteiger partial charge in [0.1, 0.15) is 5.02 Å². The summed E-state index contributed by atoms with van der Waals surface area (Å²) in [6.45, 7) is 3.64. The molecule has 0 aliphatic heterocycles. The van der Waals surface area contributed by atoms with Crippen molar-refractivity contribution in [1.29, 1.82) is 0 Å². The van der Waals surface area contributed by atoms with Crippen LogP contribution in [0.15, 0.2) is 0 Å². The third-order valence-electron chi connectivity index (χ3n) is 1.96. The summed E-state index contributed by atoms with van der Waals surface area (Å²) in [7, 11) is 1.53. The van der Waals surface area contributed by atoms with Gasteiger partial charge in [0.15, 0.2) is 0 Å². The summed E-state index contributed by atoms with van der Waals surface area (Å²) < 4.78 is 8.96. The minimum atomic E-state index is -0.428. The molecular formula is C8H12ClNO2S. The van der Waals surface area contributed by atoms with E-state index < -0.39 is 6.10 Å². The summed E-state index contributed by atoms with van der Waals surface area (Å²) in [4.78, 5) is 0.869. The van der Waals surface area contributed by atoms with Crippen molar-refractivity contribution in [3.05, 3.63) is 9.90 Å². The Morgan fingerprint density at radius 1 is 1.54 bits per heavy atom. The van der Waals surface area contributed by atoms with Gasteiger partial charge in [-0.1, -0.05) is 18.5 Å². The quantitative estimate of drug-likeness (QED) is 0.852. The summed E-state index contributed by atoms with van der Waals surface area (Å²) in [5.74, 6) is 0.433. The van der Waals surface area contributed by atoms with Gasteiger partial charge in [-0.05, 0) is 18.5 Å². The highest BCUT2D eigenvalue weighted by molar-refractivity contribution is 7.06. The maximum atomic E-state index is 9.36. The molecule has 0 amide bonds. The highest BCUT2D eigenvalue weighted by atomic mass is 35.5. The van der Waals surface area contributed by atoms with Crippen LogP contribution in [0.3, 0.4) is 0 Å². The minimum Gasteiger partial charge on any atom is -0.479 e. The molecule has 1 aromatic rings. The number of aromatic nitrogens is 1. The van der Waals surface area contributed by atoms with Crippen LogP contribution < -0.4 is 4.74 Å². The highest BCUT2D eigenvalue weighted by Crippen LogP contribution is 2.36. The van der Waals surface area contributed by atoms with Crippen LogP contribution in [0.25, 0.3) is 0 Å². The Hall–Kier alpha value is -0.320. The molecule has 5 heteroatoms. The number of ether oxygens (including phenoxy) is 1. The van der Waals surface area contributed by atoms with Crippen molar-refractivity contribution in [3.63, 3.8) is 0 Å². The Labute approximate surface area is 86.5 Å². The number of rotatable bonds is 3. The van der Waals surface area contributed by atoms with E-state index in [1.165, 1.54) is 18.6 Å². The second-order valence-corrected chi connectivity index (χ2v) is 4.08. The lowest BCUT2D eigenvalue weighted by Crippen LogP contribution is -2.09. The van der Waals surface area contributed by atoms with Gasteiger partial charge in [-0.15, -0.1) is 0 Å². The normalized spacial score (nSPS) is 15.5. The highest BCUT2D eigenvalue weighted by Gasteiger charge is 2.20. The zero-order valence-corrected chi connectivity index (χ0v) is 9.32. The molecule has 0 spiro atoms. The number of aliphatic hydroxyl groups is 1. The van der Waals surface area contributed by atoms with Crippen molar-refractivity contribution in [2.75, 3.05) is 7.11 Å². The topological polar surface area (TPSA) is 42.4 Å². The molecule has 0 fully saturated rings. The van der Waals surface area contributed by atoms with Gasteiger partial charge in [0.2, 0.25) is 5.88 Å². The van der Waals surface area contributed by atoms with Crippen LogP contribution in [0.2, 0.25) is 5.02 Å². The van der Waals surface area contributed by atoms with Crippen molar-refractivity contribution < 1.29 is 9.84 Å². The molecule has 0 radical (unpaired) electrons. The van der Waals surface area contributed by atoms with Crippen molar-refractivity contribution >= 4 is 23.1 Å². The largest absolute Gasteiger partial charge is 0.479 e. The predicted octanol–water partition coefficient (Wildman–Crippen LogP) is 2.29. The maximum Gasteiger partial charge on any atom is 0.244 e. The maximum absolute atomic E-state index is 9.36. The predicted molar refractivity (Wildman–Crippen MR) is 53.8 cm³/mol. The second-order valence-electron chi connectivity index (χ2n) is 2.90. The van der Waals surface area contributed by atoms with Crippen LogP contribution in [0.5, 0.6) is 5.88 Å². The van der Waals surface area contributed by atoms with Gasteiger partial charge < -0.3 is 9.84 Å². The number of halogens is 1. The molecule has 0 bridgehead atoms. The smallest absolute Gasteiger partial charge is 0.244 e. The lowest BCUT2D eigenvalue weighted by atomic mass is 10.1. The monoisotopic (exact) mass is 221 g/mol. The van der Waals surface area contributed by atoms with E-state index in [0.717, 1.165) is 4.88 Å². The molecule has 1 rings (SSSR count). The Bertz CT molecular complexity index is 288. The average molecular weight is 222 g/mol. The molecular weight excluding hydrogens is 210 g/mol. The van der Waals surface area contributed by atoms with Crippen LogP contribution in [-0.2, 0) is 0 Å². The molecule has 3 nitrogen and oxygen atoms in total. The number of hydrogen-bond donors (Lipinski definition) is 1. The van der Waals surface area contributed by atoms with Crippen molar-refractivity contribution in [3.8, 4) is 5.88 Å². The molecule has 1 aromatic heterocycles. The molecule has 0 saturated heterocycles. The van der Waals surface area contributed by atoms with Crippen LogP contribution in [0, 0.1) is 0 Å². The standard InChI is InChI=1S/C8H12ClNO2S/c1-4(5(2)11)7-6(9)8(12-3)10-13-7/h4-5,11H,1-3H3. The number of nitrogens with zero attached hydrogens (tertiary/aromatic N) is 1. The third-order valence-corrected chi connectivity index (χ3v) is 3.47. The van der Waals surface area contributed by atoms with Crippen LogP contribution in [0.4, 0.5) is 0 Å². The first-order valence-corrected chi connectivity index (χ1v) is 5.10. The van der Waals surface area contributed by atoms with E-state index >= 15 is 0 Å². The Morgan fingerprint density at radius 3 is 2.54 bits per heavy atom. The van der Waals surface area contributed by atoms with Gasteiger partial charge in [0.25, 0.3) is 0 Å². The molecule has 1 N–H and O–H groups in total. The SMILES string of the molecule is COc1nsc(C(C)C(C)O)c1Cl.